The van der Waals surface area contributed by atoms with Gasteiger partial charge in [0.1, 0.15) is 0 Å². The van der Waals surface area contributed by atoms with Crippen molar-refractivity contribution in [2.24, 2.45) is 0 Å². The summed E-state index contributed by atoms with van der Waals surface area (Å²) in [5.74, 6) is -0.368. The van der Waals surface area contributed by atoms with Crippen LogP contribution in [0, 0.1) is 0 Å². The van der Waals surface area contributed by atoms with E-state index in [-0.39, 0.29) is 18.3 Å². The third kappa shape index (κ3) is 6.47. The maximum Gasteiger partial charge on any atom is 0.307 e. The minimum Gasteiger partial charge on any atom is -0.469 e. The zero-order valence-corrected chi connectivity index (χ0v) is 14.7. The molecule has 2 rings (SSSR count). The molecule has 1 aromatic rings. The van der Waals surface area contributed by atoms with E-state index in [4.69, 9.17) is 11.6 Å². The van der Waals surface area contributed by atoms with Crippen molar-refractivity contribution in [1.82, 2.24) is 15.1 Å². The highest BCUT2D eigenvalue weighted by Gasteiger charge is 2.19. The van der Waals surface area contributed by atoms with Gasteiger partial charge >= 0.3 is 5.97 Å². The Morgan fingerprint density at radius 2 is 1.92 bits per heavy atom. The number of esters is 1. The zero-order valence-electron chi connectivity index (χ0n) is 14.0. The maximum atomic E-state index is 11.9. The standard InChI is InChI=1S/C17H24ClN3O3/c1-24-17(23)5-6-19-16(22)13-21-9-7-20(8-10-21)12-14-3-2-4-15(18)11-14/h2-4,11H,5-10,12-13H2,1H3,(H,19,22). The topological polar surface area (TPSA) is 61.9 Å². The van der Waals surface area contributed by atoms with Crippen molar-refractivity contribution in [3.05, 3.63) is 34.9 Å². The largest absolute Gasteiger partial charge is 0.469 e. The Morgan fingerprint density at radius 1 is 1.21 bits per heavy atom. The Labute approximate surface area is 147 Å². The summed E-state index contributed by atoms with van der Waals surface area (Å²) in [6.07, 6.45) is 0.204. The van der Waals surface area contributed by atoms with E-state index in [9.17, 15) is 9.59 Å². The lowest BCUT2D eigenvalue weighted by atomic mass is 10.2. The van der Waals surface area contributed by atoms with E-state index in [1.54, 1.807) is 0 Å². The van der Waals surface area contributed by atoms with E-state index in [0.29, 0.717) is 13.1 Å². The molecule has 0 bridgehead atoms. The molecule has 1 aliphatic rings. The van der Waals surface area contributed by atoms with Gasteiger partial charge in [0.05, 0.1) is 20.1 Å². The van der Waals surface area contributed by atoms with Crippen LogP contribution >= 0.6 is 11.6 Å². The summed E-state index contributed by atoms with van der Waals surface area (Å²) in [5, 5.41) is 3.50. The van der Waals surface area contributed by atoms with E-state index in [0.717, 1.165) is 37.7 Å². The molecule has 0 atom stereocenters. The summed E-state index contributed by atoms with van der Waals surface area (Å²) in [6.45, 7) is 5.10. The van der Waals surface area contributed by atoms with Gasteiger partial charge in [-0.3, -0.25) is 19.4 Å². The van der Waals surface area contributed by atoms with Crippen LogP contribution in [0.2, 0.25) is 5.02 Å². The number of amides is 1. The summed E-state index contributed by atoms with van der Waals surface area (Å²) in [7, 11) is 1.34. The van der Waals surface area contributed by atoms with E-state index in [1.165, 1.54) is 12.7 Å². The van der Waals surface area contributed by atoms with Crippen LogP contribution in [-0.4, -0.2) is 68.1 Å². The average molecular weight is 354 g/mol. The SMILES string of the molecule is COC(=O)CCNC(=O)CN1CCN(Cc2cccc(Cl)c2)CC1. The second kappa shape index (κ2) is 9.61. The molecule has 0 radical (unpaired) electrons. The van der Waals surface area contributed by atoms with E-state index < -0.39 is 0 Å². The molecule has 0 aliphatic carbocycles. The molecule has 7 heteroatoms. The third-order valence-electron chi connectivity index (χ3n) is 4.01. The van der Waals surface area contributed by atoms with Crippen molar-refractivity contribution >= 4 is 23.5 Å². The Bertz CT molecular complexity index is 560. The number of hydrogen-bond donors (Lipinski definition) is 1. The molecule has 132 valence electrons. The molecule has 1 aliphatic heterocycles. The summed E-state index contributed by atoms with van der Waals surface area (Å²) in [4.78, 5) is 27.3. The second-order valence-corrected chi connectivity index (χ2v) is 6.29. The molecule has 0 aromatic heterocycles. The number of ether oxygens (including phenoxy) is 1. The molecule has 0 spiro atoms. The molecule has 1 heterocycles. The summed E-state index contributed by atoms with van der Waals surface area (Å²) in [6, 6.07) is 7.91. The van der Waals surface area contributed by atoms with Gasteiger partial charge in [0.2, 0.25) is 5.91 Å². The van der Waals surface area contributed by atoms with Gasteiger partial charge in [-0.1, -0.05) is 23.7 Å². The Balaban J connectivity index is 1.65. The minimum atomic E-state index is -0.315. The summed E-state index contributed by atoms with van der Waals surface area (Å²) in [5.41, 5.74) is 1.21. The lowest BCUT2D eigenvalue weighted by Crippen LogP contribution is -2.49. The highest BCUT2D eigenvalue weighted by atomic mass is 35.5. The minimum absolute atomic E-state index is 0.0535. The van der Waals surface area contributed by atoms with E-state index >= 15 is 0 Å². The predicted molar refractivity (Wildman–Crippen MR) is 92.8 cm³/mol. The highest BCUT2D eigenvalue weighted by molar-refractivity contribution is 6.30. The molecule has 0 saturated carbocycles. The quantitative estimate of drug-likeness (QED) is 0.745. The molecule has 0 unspecified atom stereocenters. The first-order valence-corrected chi connectivity index (χ1v) is 8.47. The molecule has 1 saturated heterocycles. The van der Waals surface area contributed by atoms with Crippen LogP contribution in [0.5, 0.6) is 0 Å². The number of carbonyl (C=O) groups excluding carboxylic acids is 2. The monoisotopic (exact) mass is 353 g/mol. The van der Waals surface area contributed by atoms with Crippen molar-refractivity contribution in [2.45, 2.75) is 13.0 Å². The van der Waals surface area contributed by atoms with E-state index in [2.05, 4.69) is 25.9 Å². The lowest BCUT2D eigenvalue weighted by molar-refractivity contribution is -0.140. The number of carbonyl (C=O) groups is 2. The van der Waals surface area contributed by atoms with Gasteiger partial charge < -0.3 is 10.1 Å². The van der Waals surface area contributed by atoms with Crippen LogP contribution in [0.25, 0.3) is 0 Å². The Hall–Kier alpha value is -1.63. The number of piperazine rings is 1. The normalized spacial score (nSPS) is 15.9. The fourth-order valence-corrected chi connectivity index (χ4v) is 2.88. The first-order chi connectivity index (χ1) is 11.6. The van der Waals surface area contributed by atoms with Crippen molar-refractivity contribution in [3.8, 4) is 0 Å². The number of rotatable bonds is 7. The molecule has 1 aromatic carbocycles. The fraction of sp³-hybridized carbons (Fsp3) is 0.529. The van der Waals surface area contributed by atoms with Crippen LogP contribution in [0.4, 0.5) is 0 Å². The maximum absolute atomic E-state index is 11.9. The summed E-state index contributed by atoms with van der Waals surface area (Å²) < 4.78 is 4.54. The van der Waals surface area contributed by atoms with E-state index in [1.807, 2.05) is 18.2 Å². The number of nitrogens with one attached hydrogen (secondary N) is 1. The zero-order chi connectivity index (χ0) is 17.4. The molecular formula is C17H24ClN3O3. The van der Waals surface area contributed by atoms with Gasteiger partial charge in [-0.25, -0.2) is 0 Å². The third-order valence-corrected chi connectivity index (χ3v) is 4.24. The summed E-state index contributed by atoms with van der Waals surface area (Å²) >= 11 is 6.01. The van der Waals surface area contributed by atoms with Crippen LogP contribution in [-0.2, 0) is 20.9 Å². The van der Waals surface area contributed by atoms with Crippen LogP contribution < -0.4 is 5.32 Å². The molecule has 1 fully saturated rings. The highest BCUT2D eigenvalue weighted by Crippen LogP contribution is 2.13. The van der Waals surface area contributed by atoms with Gasteiger partial charge in [0.15, 0.2) is 0 Å². The van der Waals surface area contributed by atoms with Crippen molar-refractivity contribution in [3.63, 3.8) is 0 Å². The lowest BCUT2D eigenvalue weighted by Gasteiger charge is -2.34. The Kier molecular flexibility index (Phi) is 7.49. The number of halogens is 1. The molecular weight excluding hydrogens is 330 g/mol. The second-order valence-electron chi connectivity index (χ2n) is 5.86. The number of benzene rings is 1. The predicted octanol–water partition coefficient (Wildman–Crippen LogP) is 1.14. The molecule has 24 heavy (non-hydrogen) atoms. The van der Waals surface area contributed by atoms with Gasteiger partial charge in [0.25, 0.3) is 0 Å². The van der Waals surface area contributed by atoms with Crippen LogP contribution in [0.1, 0.15) is 12.0 Å². The van der Waals surface area contributed by atoms with Gasteiger partial charge in [-0.15, -0.1) is 0 Å². The Morgan fingerprint density at radius 3 is 2.58 bits per heavy atom. The van der Waals surface area contributed by atoms with Crippen molar-refractivity contribution in [2.75, 3.05) is 46.4 Å². The molecule has 6 nitrogen and oxygen atoms in total. The number of nitrogens with zero attached hydrogens (tertiary/aromatic N) is 2. The van der Waals surface area contributed by atoms with Crippen molar-refractivity contribution < 1.29 is 14.3 Å². The first-order valence-electron chi connectivity index (χ1n) is 8.09. The molecule has 1 N–H and O–H groups in total. The van der Waals surface area contributed by atoms with Crippen LogP contribution in [0.3, 0.4) is 0 Å². The molecule has 1 amide bonds. The number of methoxy groups -OCH3 is 1. The first kappa shape index (κ1) is 18.7. The van der Waals surface area contributed by atoms with Crippen LogP contribution in [0.15, 0.2) is 24.3 Å². The van der Waals surface area contributed by atoms with Gasteiger partial charge in [-0.2, -0.15) is 0 Å². The number of hydrogen-bond acceptors (Lipinski definition) is 5. The fourth-order valence-electron chi connectivity index (χ4n) is 2.66. The average Bonchev–Trinajstić information content (AvgIpc) is 2.56. The van der Waals surface area contributed by atoms with Gasteiger partial charge in [0, 0.05) is 44.3 Å². The van der Waals surface area contributed by atoms with Crippen molar-refractivity contribution in [1.29, 1.82) is 0 Å². The smallest absolute Gasteiger partial charge is 0.307 e. The van der Waals surface area contributed by atoms with Gasteiger partial charge in [-0.05, 0) is 17.7 Å².